The first-order valence-corrected chi connectivity index (χ1v) is 10.4. The zero-order chi connectivity index (χ0) is 20.4. The van der Waals surface area contributed by atoms with Gasteiger partial charge in [-0.05, 0) is 18.1 Å². The quantitative estimate of drug-likeness (QED) is 0.805. The maximum Gasteiger partial charge on any atom is 0.228 e. The largest absolute Gasteiger partial charge is 0.340 e. The highest BCUT2D eigenvalue weighted by Gasteiger charge is 2.44. The molecule has 5 heteroatoms. The van der Waals surface area contributed by atoms with Crippen LogP contribution in [0.1, 0.15) is 29.2 Å². The summed E-state index contributed by atoms with van der Waals surface area (Å²) in [5, 5.41) is 0. The summed E-state index contributed by atoms with van der Waals surface area (Å²) in [7, 11) is 1.82. The smallest absolute Gasteiger partial charge is 0.228 e. The molecular formula is C24H29N3O2. The van der Waals surface area contributed by atoms with E-state index in [0.29, 0.717) is 6.42 Å². The van der Waals surface area contributed by atoms with E-state index < -0.39 is 0 Å². The molecule has 2 heterocycles. The fourth-order valence-corrected chi connectivity index (χ4v) is 4.51. The third-order valence-corrected chi connectivity index (χ3v) is 6.26. The first-order valence-electron chi connectivity index (χ1n) is 10.4. The molecule has 0 aliphatic carbocycles. The molecule has 0 bridgehead atoms. The van der Waals surface area contributed by atoms with Crippen molar-refractivity contribution in [1.29, 1.82) is 0 Å². The third-order valence-electron chi connectivity index (χ3n) is 6.26. The second-order valence-electron chi connectivity index (χ2n) is 8.26. The Labute approximate surface area is 172 Å². The van der Waals surface area contributed by atoms with Crippen molar-refractivity contribution >= 4 is 11.8 Å². The summed E-state index contributed by atoms with van der Waals surface area (Å²) in [5.41, 5.74) is 3.53. The number of carbonyl (C=O) groups excluding carboxylic acids is 2. The molecule has 29 heavy (non-hydrogen) atoms. The van der Waals surface area contributed by atoms with E-state index in [1.807, 2.05) is 37.1 Å². The van der Waals surface area contributed by atoms with Crippen LogP contribution < -0.4 is 0 Å². The molecule has 2 aliphatic heterocycles. The molecule has 2 saturated heterocycles. The number of rotatable bonds is 4. The molecule has 0 unspecified atom stereocenters. The monoisotopic (exact) mass is 391 g/mol. The lowest BCUT2D eigenvalue weighted by molar-refractivity contribution is -0.138. The molecule has 2 fully saturated rings. The number of aryl methyl sites for hydroxylation is 1. The SMILES string of the molecule is Cc1ccc([C@H]2[C@H](C(=O)N3CCN(Cc4ccccc4)CC3)CC(=O)N2C)cc1. The average molecular weight is 392 g/mol. The van der Waals surface area contributed by atoms with Crippen molar-refractivity contribution in [2.75, 3.05) is 33.2 Å². The number of nitrogens with zero attached hydrogens (tertiary/aromatic N) is 3. The number of carbonyl (C=O) groups is 2. The zero-order valence-corrected chi connectivity index (χ0v) is 17.3. The van der Waals surface area contributed by atoms with Crippen LogP contribution in [-0.4, -0.2) is 59.7 Å². The predicted octanol–water partition coefficient (Wildman–Crippen LogP) is 2.86. The number of piperazine rings is 1. The van der Waals surface area contributed by atoms with Crippen LogP contribution >= 0.6 is 0 Å². The minimum atomic E-state index is -0.295. The molecule has 0 saturated carbocycles. The van der Waals surface area contributed by atoms with E-state index in [1.165, 1.54) is 11.1 Å². The number of likely N-dealkylation sites (tertiary alicyclic amines) is 1. The lowest BCUT2D eigenvalue weighted by Gasteiger charge is -2.37. The fourth-order valence-electron chi connectivity index (χ4n) is 4.51. The second-order valence-corrected chi connectivity index (χ2v) is 8.26. The molecule has 4 rings (SSSR count). The third kappa shape index (κ3) is 4.20. The normalized spacial score (nSPS) is 22.9. The fraction of sp³-hybridized carbons (Fsp3) is 0.417. The van der Waals surface area contributed by atoms with Gasteiger partial charge in [-0.15, -0.1) is 0 Å². The van der Waals surface area contributed by atoms with Crippen molar-refractivity contribution in [3.63, 3.8) is 0 Å². The van der Waals surface area contributed by atoms with Gasteiger partial charge in [0.2, 0.25) is 11.8 Å². The van der Waals surface area contributed by atoms with Crippen LogP contribution in [0, 0.1) is 12.8 Å². The highest BCUT2D eigenvalue weighted by molar-refractivity contribution is 5.90. The molecule has 5 nitrogen and oxygen atoms in total. The molecule has 2 aromatic carbocycles. The number of hydrogen-bond acceptors (Lipinski definition) is 3. The Hall–Kier alpha value is -2.66. The van der Waals surface area contributed by atoms with Crippen molar-refractivity contribution in [2.24, 2.45) is 5.92 Å². The topological polar surface area (TPSA) is 43.9 Å². The molecule has 2 aliphatic rings. The van der Waals surface area contributed by atoms with E-state index in [0.717, 1.165) is 38.3 Å². The van der Waals surface area contributed by atoms with Crippen LogP contribution in [-0.2, 0) is 16.1 Å². The second kappa shape index (κ2) is 8.37. The molecule has 0 spiro atoms. The molecule has 2 aromatic rings. The van der Waals surface area contributed by atoms with Crippen LogP contribution in [0.3, 0.4) is 0 Å². The summed E-state index contributed by atoms with van der Waals surface area (Å²) in [5.74, 6) is -0.125. The maximum absolute atomic E-state index is 13.3. The Kier molecular flexibility index (Phi) is 5.67. The highest BCUT2D eigenvalue weighted by atomic mass is 16.2. The first-order chi connectivity index (χ1) is 14.0. The van der Waals surface area contributed by atoms with Crippen LogP contribution in [0.15, 0.2) is 54.6 Å². The first kappa shape index (κ1) is 19.6. The summed E-state index contributed by atoms with van der Waals surface area (Å²) in [4.78, 5) is 31.9. The van der Waals surface area contributed by atoms with Gasteiger partial charge in [-0.1, -0.05) is 60.2 Å². The van der Waals surface area contributed by atoms with Gasteiger partial charge in [-0.2, -0.15) is 0 Å². The van der Waals surface area contributed by atoms with E-state index in [2.05, 4.69) is 41.3 Å². The van der Waals surface area contributed by atoms with Gasteiger partial charge >= 0.3 is 0 Å². The molecule has 0 aromatic heterocycles. The minimum absolute atomic E-state index is 0.0524. The maximum atomic E-state index is 13.3. The van der Waals surface area contributed by atoms with Gasteiger partial charge in [0.15, 0.2) is 0 Å². The Balaban J connectivity index is 1.42. The average Bonchev–Trinajstić information content (AvgIpc) is 3.04. The standard InChI is InChI=1S/C24H29N3O2/c1-18-8-10-20(11-9-18)23-21(16-22(28)25(23)2)24(29)27-14-12-26(13-15-27)17-19-6-4-3-5-7-19/h3-11,21,23H,12-17H2,1-2H3/t21-,23+/m1/s1. The minimum Gasteiger partial charge on any atom is -0.340 e. The lowest BCUT2D eigenvalue weighted by atomic mass is 9.91. The number of benzene rings is 2. The van der Waals surface area contributed by atoms with Gasteiger partial charge in [-0.25, -0.2) is 0 Å². The molecule has 2 atom stereocenters. The Morgan fingerprint density at radius 3 is 2.28 bits per heavy atom. The molecule has 2 amide bonds. The molecular weight excluding hydrogens is 362 g/mol. The molecule has 0 N–H and O–H groups in total. The molecule has 152 valence electrons. The van der Waals surface area contributed by atoms with Gasteiger partial charge in [0, 0.05) is 46.2 Å². The Bertz CT molecular complexity index is 857. The summed E-state index contributed by atoms with van der Waals surface area (Å²) < 4.78 is 0. The van der Waals surface area contributed by atoms with Gasteiger partial charge in [0.1, 0.15) is 0 Å². The summed E-state index contributed by atoms with van der Waals surface area (Å²) in [6.07, 6.45) is 0.304. The van der Waals surface area contributed by atoms with Crippen LogP contribution in [0.25, 0.3) is 0 Å². The number of amides is 2. The van der Waals surface area contributed by atoms with Gasteiger partial charge < -0.3 is 9.80 Å². The van der Waals surface area contributed by atoms with Crippen molar-refractivity contribution < 1.29 is 9.59 Å². The molecule has 0 radical (unpaired) electrons. The van der Waals surface area contributed by atoms with E-state index in [9.17, 15) is 9.59 Å². The Morgan fingerprint density at radius 1 is 0.966 bits per heavy atom. The van der Waals surface area contributed by atoms with Crippen molar-refractivity contribution in [1.82, 2.24) is 14.7 Å². The van der Waals surface area contributed by atoms with Crippen molar-refractivity contribution in [2.45, 2.75) is 25.9 Å². The van der Waals surface area contributed by atoms with E-state index in [1.54, 1.807) is 4.90 Å². The zero-order valence-electron chi connectivity index (χ0n) is 17.3. The van der Waals surface area contributed by atoms with Gasteiger partial charge in [0.25, 0.3) is 0 Å². The number of hydrogen-bond donors (Lipinski definition) is 0. The Morgan fingerprint density at radius 2 is 1.62 bits per heavy atom. The van der Waals surface area contributed by atoms with Crippen LogP contribution in [0.2, 0.25) is 0 Å². The van der Waals surface area contributed by atoms with Crippen LogP contribution in [0.4, 0.5) is 0 Å². The summed E-state index contributed by atoms with van der Waals surface area (Å²) in [6.45, 7) is 6.14. The van der Waals surface area contributed by atoms with Gasteiger partial charge in [-0.3, -0.25) is 14.5 Å². The summed E-state index contributed by atoms with van der Waals surface area (Å²) in [6, 6.07) is 18.5. The summed E-state index contributed by atoms with van der Waals surface area (Å²) >= 11 is 0. The lowest BCUT2D eigenvalue weighted by Crippen LogP contribution is -2.50. The van der Waals surface area contributed by atoms with E-state index >= 15 is 0 Å². The van der Waals surface area contributed by atoms with Crippen molar-refractivity contribution in [3.8, 4) is 0 Å². The van der Waals surface area contributed by atoms with Crippen molar-refractivity contribution in [3.05, 3.63) is 71.3 Å². The van der Waals surface area contributed by atoms with Crippen LogP contribution in [0.5, 0.6) is 0 Å². The highest BCUT2D eigenvalue weighted by Crippen LogP contribution is 2.38. The van der Waals surface area contributed by atoms with Gasteiger partial charge in [0.05, 0.1) is 12.0 Å². The van der Waals surface area contributed by atoms with E-state index in [4.69, 9.17) is 0 Å². The van der Waals surface area contributed by atoms with E-state index in [-0.39, 0.29) is 23.8 Å². The predicted molar refractivity (Wildman–Crippen MR) is 113 cm³/mol.